The van der Waals surface area contributed by atoms with Crippen LogP contribution in [0.4, 0.5) is 25.0 Å². The van der Waals surface area contributed by atoms with Crippen LogP contribution in [0.25, 0.3) is 0 Å². The molecular weight excluding hydrogens is 476 g/mol. The zero-order valence-corrected chi connectivity index (χ0v) is 21.2. The van der Waals surface area contributed by atoms with Gasteiger partial charge in [-0.1, -0.05) is 12.1 Å². The molecule has 3 fully saturated rings. The van der Waals surface area contributed by atoms with Crippen molar-refractivity contribution < 1.29 is 18.4 Å². The molecule has 7 nitrogen and oxygen atoms in total. The summed E-state index contributed by atoms with van der Waals surface area (Å²) in [5.41, 5.74) is 8.49. The zero-order valence-electron chi connectivity index (χ0n) is 21.2. The van der Waals surface area contributed by atoms with Gasteiger partial charge in [-0.25, -0.2) is 13.6 Å². The number of nitrogens with one attached hydrogen (secondary N) is 2. The number of rotatable bonds is 7. The van der Waals surface area contributed by atoms with E-state index in [1.807, 2.05) is 17.0 Å². The van der Waals surface area contributed by atoms with E-state index in [0.717, 1.165) is 63.0 Å². The SMILES string of the molecule is CC(=O)NC1CCN(CCN(C(=O)Nc2ccc(F)c(F)c2)[C@H]2CC[C@@]3(c4cccc(N)c4)CC3C2)C1. The fourth-order valence-corrected chi connectivity index (χ4v) is 6.40. The molecule has 0 radical (unpaired) electrons. The highest BCUT2D eigenvalue weighted by atomic mass is 19.2. The number of carbonyl (C=O) groups is 2. The highest BCUT2D eigenvalue weighted by Crippen LogP contribution is 2.63. The highest BCUT2D eigenvalue weighted by molar-refractivity contribution is 5.89. The number of amides is 3. The maximum atomic E-state index is 13.8. The Labute approximate surface area is 216 Å². The van der Waals surface area contributed by atoms with Gasteiger partial charge in [-0.15, -0.1) is 0 Å². The number of urea groups is 1. The molecule has 37 heavy (non-hydrogen) atoms. The van der Waals surface area contributed by atoms with Gasteiger partial charge in [0, 0.05) is 62.6 Å². The van der Waals surface area contributed by atoms with Crippen molar-refractivity contribution in [3.05, 3.63) is 59.7 Å². The van der Waals surface area contributed by atoms with Crippen molar-refractivity contribution in [2.45, 2.75) is 56.5 Å². The number of anilines is 2. The minimum absolute atomic E-state index is 0.0327. The van der Waals surface area contributed by atoms with Gasteiger partial charge in [-0.2, -0.15) is 0 Å². The summed E-state index contributed by atoms with van der Waals surface area (Å²) >= 11 is 0. The lowest BCUT2D eigenvalue weighted by Crippen LogP contribution is -2.48. The lowest BCUT2D eigenvalue weighted by atomic mass is 9.80. The van der Waals surface area contributed by atoms with E-state index in [1.165, 1.54) is 18.6 Å². The summed E-state index contributed by atoms with van der Waals surface area (Å²) in [5.74, 6) is -1.48. The van der Waals surface area contributed by atoms with Crippen molar-refractivity contribution >= 4 is 23.3 Å². The highest BCUT2D eigenvalue weighted by Gasteiger charge is 2.58. The van der Waals surface area contributed by atoms with Crippen LogP contribution in [0, 0.1) is 17.6 Å². The van der Waals surface area contributed by atoms with Crippen molar-refractivity contribution in [2.75, 3.05) is 37.2 Å². The number of hydrogen-bond donors (Lipinski definition) is 3. The smallest absolute Gasteiger partial charge is 0.322 e. The summed E-state index contributed by atoms with van der Waals surface area (Å²) in [6.07, 6.45) is 4.72. The second-order valence-electron chi connectivity index (χ2n) is 10.9. The molecule has 1 aliphatic heterocycles. The van der Waals surface area contributed by atoms with Gasteiger partial charge in [-0.3, -0.25) is 9.69 Å². The molecule has 4 atom stereocenters. The molecule has 2 aromatic rings. The molecular formula is C28H35F2N5O2. The number of hydrogen-bond acceptors (Lipinski definition) is 4. The molecule has 0 bridgehead atoms. The first-order valence-electron chi connectivity index (χ1n) is 13.1. The van der Waals surface area contributed by atoms with Gasteiger partial charge >= 0.3 is 6.03 Å². The molecule has 1 heterocycles. The van der Waals surface area contributed by atoms with Crippen LogP contribution < -0.4 is 16.4 Å². The molecule has 0 aromatic heterocycles. The molecule has 0 spiro atoms. The average Bonchev–Trinajstić information content (AvgIpc) is 3.44. The van der Waals surface area contributed by atoms with Gasteiger partial charge in [-0.05, 0) is 73.3 Å². The molecule has 1 saturated heterocycles. The molecule has 2 unspecified atom stereocenters. The average molecular weight is 512 g/mol. The maximum Gasteiger partial charge on any atom is 0.322 e. The van der Waals surface area contributed by atoms with E-state index in [4.69, 9.17) is 5.73 Å². The van der Waals surface area contributed by atoms with Crippen LogP contribution in [-0.4, -0.2) is 60.0 Å². The van der Waals surface area contributed by atoms with Crippen molar-refractivity contribution in [3.8, 4) is 0 Å². The van der Waals surface area contributed by atoms with Crippen molar-refractivity contribution in [1.29, 1.82) is 0 Å². The second kappa shape index (κ2) is 10.3. The fraction of sp³-hybridized carbons (Fsp3) is 0.500. The summed E-state index contributed by atoms with van der Waals surface area (Å²) in [6, 6.07) is 11.4. The summed E-state index contributed by atoms with van der Waals surface area (Å²) in [7, 11) is 0. The third kappa shape index (κ3) is 5.56. The molecule has 3 amide bonds. The minimum atomic E-state index is -0.993. The van der Waals surface area contributed by atoms with Gasteiger partial charge in [0.05, 0.1) is 0 Å². The first kappa shape index (κ1) is 25.4. The first-order valence-corrected chi connectivity index (χ1v) is 13.1. The van der Waals surface area contributed by atoms with E-state index < -0.39 is 11.6 Å². The van der Waals surface area contributed by atoms with Crippen LogP contribution in [-0.2, 0) is 10.2 Å². The Morgan fingerprint density at radius 2 is 2.00 bits per heavy atom. The lowest BCUT2D eigenvalue weighted by molar-refractivity contribution is -0.119. The van der Waals surface area contributed by atoms with E-state index in [0.29, 0.717) is 19.0 Å². The minimum Gasteiger partial charge on any atom is -0.399 e. The quantitative estimate of drug-likeness (QED) is 0.488. The first-order chi connectivity index (χ1) is 17.7. The number of fused-ring (bicyclic) bond motifs is 1. The van der Waals surface area contributed by atoms with Gasteiger partial charge in [0.2, 0.25) is 5.91 Å². The van der Waals surface area contributed by atoms with Crippen molar-refractivity contribution in [2.24, 2.45) is 5.92 Å². The topological polar surface area (TPSA) is 90.7 Å². The monoisotopic (exact) mass is 511 g/mol. The second-order valence-corrected chi connectivity index (χ2v) is 10.9. The molecule has 2 aliphatic carbocycles. The Balaban J connectivity index is 1.27. The van der Waals surface area contributed by atoms with Gasteiger partial charge in [0.15, 0.2) is 11.6 Å². The Kier molecular flexibility index (Phi) is 7.07. The molecule has 3 aliphatic rings. The number of nitrogens with zero attached hydrogens (tertiary/aromatic N) is 2. The predicted octanol–water partition coefficient (Wildman–Crippen LogP) is 4.10. The Morgan fingerprint density at radius 3 is 2.73 bits per heavy atom. The number of nitrogen functional groups attached to an aromatic ring is 1. The van der Waals surface area contributed by atoms with Crippen LogP contribution in [0.5, 0.6) is 0 Å². The molecule has 9 heteroatoms. The predicted molar refractivity (Wildman–Crippen MR) is 139 cm³/mol. The van der Waals surface area contributed by atoms with Crippen LogP contribution in [0.15, 0.2) is 42.5 Å². The molecule has 198 valence electrons. The fourth-order valence-electron chi connectivity index (χ4n) is 6.40. The number of benzene rings is 2. The standard InChI is InChI=1S/C28H35F2N5O2/c1-18(36)32-23-8-10-34(17-23)11-12-35(27(37)33-22-5-6-25(29)26(30)15-22)24-7-9-28(16-20(28)14-24)19-3-2-4-21(31)13-19/h2-6,13,15,20,23-24H,7-12,14,16-17,31H2,1H3,(H,32,36)(H,33,37)/t20?,23?,24-,28-/m0/s1. The number of halogens is 2. The van der Waals surface area contributed by atoms with Crippen LogP contribution >= 0.6 is 0 Å². The maximum absolute atomic E-state index is 13.8. The Bertz CT molecular complexity index is 1180. The van der Waals surface area contributed by atoms with Gasteiger partial charge in [0.25, 0.3) is 0 Å². The molecule has 4 N–H and O–H groups in total. The third-order valence-electron chi connectivity index (χ3n) is 8.38. The number of likely N-dealkylation sites (tertiary alicyclic amines) is 1. The summed E-state index contributed by atoms with van der Waals surface area (Å²) in [5, 5.41) is 5.76. The van der Waals surface area contributed by atoms with Gasteiger partial charge < -0.3 is 21.3 Å². The molecule has 5 rings (SSSR count). The Hall–Kier alpha value is -3.20. The van der Waals surface area contributed by atoms with E-state index in [2.05, 4.69) is 27.7 Å². The summed E-state index contributed by atoms with van der Waals surface area (Å²) in [4.78, 5) is 29.0. The normalized spacial score (nSPS) is 26.8. The van der Waals surface area contributed by atoms with Gasteiger partial charge in [0.1, 0.15) is 0 Å². The van der Waals surface area contributed by atoms with E-state index in [9.17, 15) is 18.4 Å². The van der Waals surface area contributed by atoms with Crippen LogP contribution in [0.3, 0.4) is 0 Å². The summed E-state index contributed by atoms with van der Waals surface area (Å²) in [6.45, 7) is 4.34. The van der Waals surface area contributed by atoms with Crippen LogP contribution in [0.1, 0.15) is 44.6 Å². The lowest BCUT2D eigenvalue weighted by Gasteiger charge is -2.37. The van der Waals surface area contributed by atoms with E-state index >= 15 is 0 Å². The van der Waals surface area contributed by atoms with Crippen molar-refractivity contribution in [1.82, 2.24) is 15.1 Å². The Morgan fingerprint density at radius 1 is 1.16 bits per heavy atom. The third-order valence-corrected chi connectivity index (χ3v) is 8.38. The summed E-state index contributed by atoms with van der Waals surface area (Å²) < 4.78 is 27.2. The van der Waals surface area contributed by atoms with E-state index in [-0.39, 0.29) is 35.1 Å². The largest absolute Gasteiger partial charge is 0.399 e. The van der Waals surface area contributed by atoms with Crippen molar-refractivity contribution in [3.63, 3.8) is 0 Å². The van der Waals surface area contributed by atoms with E-state index in [1.54, 1.807) is 0 Å². The van der Waals surface area contributed by atoms with Crippen LogP contribution in [0.2, 0.25) is 0 Å². The zero-order chi connectivity index (χ0) is 26.2. The molecule has 2 aromatic carbocycles. The number of nitrogens with two attached hydrogens (primary N) is 1. The number of carbonyl (C=O) groups excluding carboxylic acids is 2. The molecule has 2 saturated carbocycles.